The van der Waals surface area contributed by atoms with E-state index in [-0.39, 0.29) is 5.97 Å². The quantitative estimate of drug-likeness (QED) is 0.606. The number of hydrogen-bond acceptors (Lipinski definition) is 5. The summed E-state index contributed by atoms with van der Waals surface area (Å²) in [6, 6.07) is 0. The normalized spacial score (nSPS) is 18.1. The third-order valence-corrected chi connectivity index (χ3v) is 4.77. The van der Waals surface area contributed by atoms with Gasteiger partial charge in [0.05, 0.1) is 7.11 Å². The SMILES string of the molecule is CCNC(CSc1nccn1C)(C(=O)OC)C1CC1. The molecule has 1 fully saturated rings. The molecule has 0 aliphatic heterocycles. The van der Waals surface area contributed by atoms with Crippen LogP contribution >= 0.6 is 11.8 Å². The van der Waals surface area contributed by atoms with Crippen molar-refractivity contribution in [2.75, 3.05) is 19.4 Å². The van der Waals surface area contributed by atoms with Crippen molar-refractivity contribution in [2.45, 2.75) is 30.5 Å². The molecular formula is C13H21N3O2S. The minimum Gasteiger partial charge on any atom is -0.468 e. The molecule has 0 radical (unpaired) electrons. The van der Waals surface area contributed by atoms with E-state index in [1.807, 2.05) is 24.7 Å². The highest BCUT2D eigenvalue weighted by Gasteiger charge is 2.51. The molecular weight excluding hydrogens is 262 g/mol. The Morgan fingerprint density at radius 1 is 1.68 bits per heavy atom. The van der Waals surface area contributed by atoms with Crippen molar-refractivity contribution in [3.05, 3.63) is 12.4 Å². The van der Waals surface area contributed by atoms with Crippen molar-refractivity contribution < 1.29 is 9.53 Å². The zero-order valence-corrected chi connectivity index (χ0v) is 12.5. The Bertz CT molecular complexity index is 445. The molecule has 1 aromatic heterocycles. The van der Waals surface area contributed by atoms with E-state index in [9.17, 15) is 4.79 Å². The number of hydrogen-bond donors (Lipinski definition) is 1. The molecule has 0 spiro atoms. The number of nitrogens with zero attached hydrogens (tertiary/aromatic N) is 2. The molecule has 19 heavy (non-hydrogen) atoms. The van der Waals surface area contributed by atoms with Crippen LogP contribution in [0.4, 0.5) is 0 Å². The summed E-state index contributed by atoms with van der Waals surface area (Å²) in [5.74, 6) is 0.884. The predicted octanol–water partition coefficient (Wildman–Crippen LogP) is 1.44. The third kappa shape index (κ3) is 2.95. The number of thioether (sulfide) groups is 1. The molecule has 6 heteroatoms. The lowest BCUT2D eigenvalue weighted by Crippen LogP contribution is -2.56. The van der Waals surface area contributed by atoms with Crippen LogP contribution in [0.1, 0.15) is 19.8 Å². The van der Waals surface area contributed by atoms with Crippen molar-refractivity contribution in [3.63, 3.8) is 0 Å². The van der Waals surface area contributed by atoms with Crippen molar-refractivity contribution in [1.29, 1.82) is 0 Å². The Morgan fingerprint density at radius 3 is 2.89 bits per heavy atom. The standard InChI is InChI=1S/C13H21N3O2S/c1-4-15-13(10-5-6-10,11(17)18-3)9-19-12-14-7-8-16(12)2/h7-8,10,15H,4-6,9H2,1-3H3. The summed E-state index contributed by atoms with van der Waals surface area (Å²) in [7, 11) is 3.42. The van der Waals surface area contributed by atoms with Crippen LogP contribution in [-0.2, 0) is 16.6 Å². The van der Waals surface area contributed by atoms with Gasteiger partial charge >= 0.3 is 5.97 Å². The second kappa shape index (κ2) is 5.96. The minimum absolute atomic E-state index is 0.154. The van der Waals surface area contributed by atoms with Crippen molar-refractivity contribution in [3.8, 4) is 0 Å². The number of carbonyl (C=O) groups is 1. The van der Waals surface area contributed by atoms with E-state index in [1.54, 1.807) is 18.0 Å². The van der Waals surface area contributed by atoms with Crippen LogP contribution in [0.25, 0.3) is 0 Å². The van der Waals surface area contributed by atoms with Gasteiger partial charge in [-0.1, -0.05) is 18.7 Å². The maximum atomic E-state index is 12.2. The summed E-state index contributed by atoms with van der Waals surface area (Å²) in [4.78, 5) is 16.5. The smallest absolute Gasteiger partial charge is 0.327 e. The summed E-state index contributed by atoms with van der Waals surface area (Å²) in [5.41, 5.74) is -0.569. The van der Waals surface area contributed by atoms with Crippen LogP contribution in [0, 0.1) is 5.92 Å². The summed E-state index contributed by atoms with van der Waals surface area (Å²) >= 11 is 1.60. The van der Waals surface area contributed by atoms with E-state index in [0.29, 0.717) is 11.7 Å². The number of aromatic nitrogens is 2. The molecule has 5 nitrogen and oxygen atoms in total. The number of aryl methyl sites for hydroxylation is 1. The second-order valence-corrected chi connectivity index (χ2v) is 5.82. The fourth-order valence-electron chi connectivity index (χ4n) is 2.35. The number of carbonyl (C=O) groups excluding carboxylic acids is 1. The number of nitrogens with one attached hydrogen (secondary N) is 1. The molecule has 0 amide bonds. The lowest BCUT2D eigenvalue weighted by atomic mass is 9.95. The highest BCUT2D eigenvalue weighted by atomic mass is 32.2. The number of imidazole rings is 1. The molecule has 1 aliphatic rings. The molecule has 1 atom stereocenters. The molecule has 1 unspecified atom stereocenters. The van der Waals surface area contributed by atoms with Gasteiger partial charge in [-0.3, -0.25) is 4.79 Å². The predicted molar refractivity (Wildman–Crippen MR) is 75.1 cm³/mol. The molecule has 106 valence electrons. The Hall–Kier alpha value is -1.01. The van der Waals surface area contributed by atoms with Crippen molar-refractivity contribution >= 4 is 17.7 Å². The zero-order valence-electron chi connectivity index (χ0n) is 11.7. The number of rotatable bonds is 7. The van der Waals surface area contributed by atoms with Crippen LogP contribution in [0.3, 0.4) is 0 Å². The number of esters is 1. The van der Waals surface area contributed by atoms with Gasteiger partial charge in [-0.2, -0.15) is 0 Å². The second-order valence-electron chi connectivity index (χ2n) is 4.88. The number of likely N-dealkylation sites (N-methyl/N-ethyl adjacent to an activating group) is 1. The number of ether oxygens (including phenoxy) is 1. The molecule has 1 N–H and O–H groups in total. The van der Waals surface area contributed by atoms with Crippen LogP contribution in [-0.4, -0.2) is 40.5 Å². The van der Waals surface area contributed by atoms with E-state index in [0.717, 1.165) is 24.5 Å². The van der Waals surface area contributed by atoms with Gasteiger partial charge in [-0.05, 0) is 25.3 Å². The van der Waals surface area contributed by atoms with Crippen molar-refractivity contribution in [1.82, 2.24) is 14.9 Å². The van der Waals surface area contributed by atoms with Gasteiger partial charge in [0.25, 0.3) is 0 Å². The van der Waals surface area contributed by atoms with Gasteiger partial charge in [0.15, 0.2) is 5.16 Å². The molecule has 2 rings (SSSR count). The highest BCUT2D eigenvalue weighted by molar-refractivity contribution is 7.99. The van der Waals surface area contributed by atoms with Gasteiger partial charge in [-0.25, -0.2) is 4.98 Å². The zero-order chi connectivity index (χ0) is 13.9. The molecule has 1 heterocycles. The van der Waals surface area contributed by atoms with Crippen LogP contribution < -0.4 is 5.32 Å². The van der Waals surface area contributed by atoms with E-state index in [2.05, 4.69) is 10.3 Å². The summed E-state index contributed by atoms with van der Waals surface area (Å²) < 4.78 is 6.99. The average Bonchev–Trinajstić information content (AvgIpc) is 3.18. The largest absolute Gasteiger partial charge is 0.468 e. The van der Waals surface area contributed by atoms with Crippen LogP contribution in [0.15, 0.2) is 17.6 Å². The Morgan fingerprint density at radius 2 is 2.42 bits per heavy atom. The average molecular weight is 283 g/mol. The lowest BCUT2D eigenvalue weighted by molar-refractivity contribution is -0.148. The fraction of sp³-hybridized carbons (Fsp3) is 0.692. The Kier molecular flexibility index (Phi) is 4.52. The topological polar surface area (TPSA) is 56.2 Å². The maximum Gasteiger partial charge on any atom is 0.327 e. The first-order chi connectivity index (χ1) is 9.14. The van der Waals surface area contributed by atoms with E-state index < -0.39 is 5.54 Å². The fourth-order valence-corrected chi connectivity index (χ4v) is 3.57. The molecule has 1 aliphatic carbocycles. The van der Waals surface area contributed by atoms with E-state index in [4.69, 9.17) is 4.74 Å². The van der Waals surface area contributed by atoms with Gasteiger partial charge < -0.3 is 14.6 Å². The van der Waals surface area contributed by atoms with Crippen LogP contribution in [0.2, 0.25) is 0 Å². The van der Waals surface area contributed by atoms with Gasteiger partial charge in [0.1, 0.15) is 5.54 Å². The summed E-state index contributed by atoms with van der Waals surface area (Å²) in [6.07, 6.45) is 5.85. The van der Waals surface area contributed by atoms with Gasteiger partial charge in [0.2, 0.25) is 0 Å². The summed E-state index contributed by atoms with van der Waals surface area (Å²) in [5, 5.41) is 4.28. The van der Waals surface area contributed by atoms with E-state index >= 15 is 0 Å². The van der Waals surface area contributed by atoms with Crippen molar-refractivity contribution in [2.24, 2.45) is 13.0 Å². The maximum absolute atomic E-state index is 12.2. The van der Waals surface area contributed by atoms with Crippen LogP contribution in [0.5, 0.6) is 0 Å². The highest BCUT2D eigenvalue weighted by Crippen LogP contribution is 2.42. The first-order valence-electron chi connectivity index (χ1n) is 6.57. The molecule has 1 aromatic rings. The van der Waals surface area contributed by atoms with E-state index in [1.165, 1.54) is 7.11 Å². The lowest BCUT2D eigenvalue weighted by Gasteiger charge is -2.31. The Balaban J connectivity index is 2.12. The first kappa shape index (κ1) is 14.4. The Labute approximate surface area is 118 Å². The van der Waals surface area contributed by atoms with Gasteiger partial charge in [-0.15, -0.1) is 0 Å². The van der Waals surface area contributed by atoms with Gasteiger partial charge in [0, 0.05) is 25.2 Å². The first-order valence-corrected chi connectivity index (χ1v) is 7.56. The number of methoxy groups -OCH3 is 1. The molecule has 0 aromatic carbocycles. The minimum atomic E-state index is -0.569. The monoisotopic (exact) mass is 283 g/mol. The summed E-state index contributed by atoms with van der Waals surface area (Å²) in [6.45, 7) is 2.78. The molecule has 1 saturated carbocycles. The molecule has 0 bridgehead atoms. The third-order valence-electron chi connectivity index (χ3n) is 3.52. The molecule has 0 saturated heterocycles.